The van der Waals surface area contributed by atoms with Crippen LogP contribution in [0.3, 0.4) is 0 Å². The first-order valence-electron chi connectivity index (χ1n) is 17.0. The summed E-state index contributed by atoms with van der Waals surface area (Å²) < 4.78 is 0. The van der Waals surface area contributed by atoms with Crippen molar-refractivity contribution in [2.45, 2.75) is 115 Å². The first-order chi connectivity index (χ1) is 22.8. The van der Waals surface area contributed by atoms with E-state index >= 15 is 0 Å². The molecule has 4 amide bonds. The van der Waals surface area contributed by atoms with Gasteiger partial charge in [-0.15, -0.1) is 6.58 Å². The first kappa shape index (κ1) is 38.3. The molecule has 0 saturated heterocycles. The Hall–Kier alpha value is -4.19. The number of aliphatic hydroxyl groups is 1. The van der Waals surface area contributed by atoms with Crippen LogP contribution in [0.2, 0.25) is 0 Å². The number of aromatic nitrogens is 2. The standard InChI is InChI=1S/C36H54N6O6/c1-6-26(23(2)3)19-31(43)28(17-24-13-9-7-10-14-24)39-33(45)30(20-27-21-37-22-38-27)40-32(44)29(18-25-15-11-8-12-16-25)41-34(46)36(4,5)42-35(47)48/h6,8,11-12,15-16,21-24,26,28-31,42-43H,1,7,9-10,13-14,17-20H2,2-5H3,(H,37,38)(H,39,45)(H,40,44)(H,41,46)(H,47,48)/t26-,28-,29-,30-,31+/m0/s1. The highest BCUT2D eigenvalue weighted by atomic mass is 16.4. The molecule has 12 nitrogen and oxygen atoms in total. The summed E-state index contributed by atoms with van der Waals surface area (Å²) in [7, 11) is 0. The van der Waals surface area contributed by atoms with Gasteiger partial charge >= 0.3 is 6.09 Å². The summed E-state index contributed by atoms with van der Waals surface area (Å²) in [6.45, 7) is 10.9. The minimum Gasteiger partial charge on any atom is -0.465 e. The SMILES string of the molecule is C=C[C@@H](C[C@@H](O)[C@H](CC1CCCCC1)NC(=O)[C@H](Cc1cnc[nH]1)NC(=O)[C@H](Cc1ccccc1)NC(=O)C(C)(C)NC(=O)O)C(C)C. The Morgan fingerprint density at radius 2 is 1.65 bits per heavy atom. The molecule has 0 aliphatic heterocycles. The normalized spacial score (nSPS) is 17.0. The second-order valence-electron chi connectivity index (χ2n) is 13.9. The number of hydrogen-bond donors (Lipinski definition) is 7. The first-order valence-corrected chi connectivity index (χ1v) is 17.0. The van der Waals surface area contributed by atoms with E-state index in [0.29, 0.717) is 24.5 Å². The summed E-state index contributed by atoms with van der Waals surface area (Å²) in [5, 5.41) is 31.5. The summed E-state index contributed by atoms with van der Waals surface area (Å²) in [5.41, 5.74) is -0.161. The van der Waals surface area contributed by atoms with Gasteiger partial charge in [0.1, 0.15) is 17.6 Å². The molecule has 264 valence electrons. The number of benzene rings is 1. The predicted molar refractivity (Wildman–Crippen MR) is 184 cm³/mol. The molecule has 1 fully saturated rings. The van der Waals surface area contributed by atoms with Crippen LogP contribution in [0.5, 0.6) is 0 Å². The Kier molecular flexibility index (Phi) is 14.6. The highest BCUT2D eigenvalue weighted by Crippen LogP contribution is 2.30. The number of hydrogen-bond acceptors (Lipinski definition) is 6. The smallest absolute Gasteiger partial charge is 0.405 e. The predicted octanol–water partition coefficient (Wildman–Crippen LogP) is 3.88. The van der Waals surface area contributed by atoms with Gasteiger partial charge in [-0.2, -0.15) is 0 Å². The molecule has 1 heterocycles. The van der Waals surface area contributed by atoms with Gasteiger partial charge in [-0.05, 0) is 50.0 Å². The van der Waals surface area contributed by atoms with Crippen LogP contribution in [-0.2, 0) is 27.2 Å². The van der Waals surface area contributed by atoms with Crippen molar-refractivity contribution < 1.29 is 29.4 Å². The zero-order chi connectivity index (χ0) is 35.3. The Bertz CT molecular complexity index is 1330. The summed E-state index contributed by atoms with van der Waals surface area (Å²) >= 11 is 0. The average molecular weight is 667 g/mol. The van der Waals surface area contributed by atoms with Crippen molar-refractivity contribution in [1.29, 1.82) is 0 Å². The Balaban J connectivity index is 1.87. The summed E-state index contributed by atoms with van der Waals surface area (Å²) in [6, 6.07) is 6.34. The monoisotopic (exact) mass is 666 g/mol. The fraction of sp³-hybridized carbons (Fsp3) is 0.583. The number of amides is 4. The quantitative estimate of drug-likeness (QED) is 0.118. The van der Waals surface area contributed by atoms with E-state index in [0.717, 1.165) is 31.2 Å². The van der Waals surface area contributed by atoms with E-state index in [9.17, 15) is 29.4 Å². The molecule has 0 unspecified atom stereocenters. The topological polar surface area (TPSA) is 186 Å². The summed E-state index contributed by atoms with van der Waals surface area (Å²) in [5.74, 6) is -1.08. The van der Waals surface area contributed by atoms with Gasteiger partial charge in [0.05, 0.1) is 18.5 Å². The molecule has 1 aliphatic carbocycles. The van der Waals surface area contributed by atoms with E-state index in [4.69, 9.17) is 0 Å². The second-order valence-corrected chi connectivity index (χ2v) is 13.9. The highest BCUT2D eigenvalue weighted by molar-refractivity contribution is 5.95. The third-order valence-electron chi connectivity index (χ3n) is 9.28. The molecule has 1 aromatic carbocycles. The number of nitrogens with one attached hydrogen (secondary N) is 5. The van der Waals surface area contributed by atoms with Crippen LogP contribution < -0.4 is 21.3 Å². The number of carbonyl (C=O) groups excluding carboxylic acids is 3. The van der Waals surface area contributed by atoms with Gasteiger partial charge in [0, 0.05) is 24.7 Å². The highest BCUT2D eigenvalue weighted by Gasteiger charge is 2.35. The number of carboxylic acid groups (broad SMARTS) is 1. The second kappa shape index (κ2) is 18.4. The van der Waals surface area contributed by atoms with Crippen molar-refractivity contribution in [1.82, 2.24) is 31.2 Å². The van der Waals surface area contributed by atoms with Gasteiger partial charge in [-0.1, -0.05) is 82.4 Å². The summed E-state index contributed by atoms with van der Waals surface area (Å²) in [4.78, 5) is 59.6. The van der Waals surface area contributed by atoms with E-state index in [-0.39, 0.29) is 24.7 Å². The van der Waals surface area contributed by atoms with Gasteiger partial charge in [-0.3, -0.25) is 14.4 Å². The lowest BCUT2D eigenvalue weighted by Gasteiger charge is -2.33. The van der Waals surface area contributed by atoms with Crippen LogP contribution >= 0.6 is 0 Å². The molecule has 1 saturated carbocycles. The zero-order valence-electron chi connectivity index (χ0n) is 28.7. The van der Waals surface area contributed by atoms with Crippen molar-refractivity contribution in [2.24, 2.45) is 17.8 Å². The fourth-order valence-corrected chi connectivity index (χ4v) is 6.28. The molecule has 0 radical (unpaired) electrons. The van der Waals surface area contributed by atoms with E-state index < -0.39 is 53.6 Å². The molecule has 48 heavy (non-hydrogen) atoms. The van der Waals surface area contributed by atoms with Gasteiger partial charge in [0.25, 0.3) is 0 Å². The van der Waals surface area contributed by atoms with Crippen LogP contribution in [0.1, 0.15) is 83.9 Å². The third-order valence-corrected chi connectivity index (χ3v) is 9.28. The maximum absolute atomic E-state index is 14.1. The van der Waals surface area contributed by atoms with Gasteiger partial charge in [0.2, 0.25) is 17.7 Å². The number of aliphatic hydroxyl groups excluding tert-OH is 1. The Labute approximate surface area is 284 Å². The number of imidazole rings is 1. The third kappa shape index (κ3) is 12.1. The maximum Gasteiger partial charge on any atom is 0.405 e. The lowest BCUT2D eigenvalue weighted by Crippen LogP contribution is -2.61. The number of carbonyl (C=O) groups is 4. The summed E-state index contributed by atoms with van der Waals surface area (Å²) in [6.07, 6.45) is 9.46. The molecule has 5 atom stereocenters. The zero-order valence-corrected chi connectivity index (χ0v) is 28.7. The van der Waals surface area contributed by atoms with Crippen molar-refractivity contribution in [2.75, 3.05) is 0 Å². The number of rotatable bonds is 18. The van der Waals surface area contributed by atoms with Gasteiger partial charge < -0.3 is 36.5 Å². The van der Waals surface area contributed by atoms with Crippen LogP contribution in [-0.4, -0.2) is 73.8 Å². The average Bonchev–Trinajstić information content (AvgIpc) is 3.56. The maximum atomic E-state index is 14.1. The molecule has 1 aliphatic rings. The number of nitrogens with zero attached hydrogens (tertiary/aromatic N) is 1. The Morgan fingerprint density at radius 3 is 2.23 bits per heavy atom. The minimum absolute atomic E-state index is 0.0634. The fourth-order valence-electron chi connectivity index (χ4n) is 6.28. The molecular weight excluding hydrogens is 612 g/mol. The van der Waals surface area contributed by atoms with E-state index in [1.54, 1.807) is 6.20 Å². The Morgan fingerprint density at radius 1 is 1.00 bits per heavy atom. The van der Waals surface area contributed by atoms with Crippen LogP contribution in [0, 0.1) is 17.8 Å². The van der Waals surface area contributed by atoms with E-state index in [1.165, 1.54) is 26.6 Å². The van der Waals surface area contributed by atoms with Crippen LogP contribution in [0.15, 0.2) is 55.5 Å². The number of allylic oxidation sites excluding steroid dienone is 1. The van der Waals surface area contributed by atoms with Crippen LogP contribution in [0.4, 0.5) is 4.79 Å². The van der Waals surface area contributed by atoms with E-state index in [1.807, 2.05) is 36.4 Å². The minimum atomic E-state index is -1.53. The van der Waals surface area contributed by atoms with E-state index in [2.05, 4.69) is 51.7 Å². The lowest BCUT2D eigenvalue weighted by molar-refractivity contribution is -0.134. The lowest BCUT2D eigenvalue weighted by atomic mass is 9.81. The van der Waals surface area contributed by atoms with Crippen molar-refractivity contribution in [3.05, 3.63) is 66.8 Å². The molecule has 0 bridgehead atoms. The molecule has 0 spiro atoms. The van der Waals surface area contributed by atoms with Crippen LogP contribution in [0.25, 0.3) is 0 Å². The molecule has 2 aromatic rings. The molecule has 3 rings (SSSR count). The number of H-pyrrole nitrogens is 1. The number of aromatic amines is 1. The molecular formula is C36H54N6O6. The van der Waals surface area contributed by atoms with Gasteiger partial charge in [-0.25, -0.2) is 9.78 Å². The van der Waals surface area contributed by atoms with Gasteiger partial charge in [0.15, 0.2) is 0 Å². The van der Waals surface area contributed by atoms with Crippen molar-refractivity contribution >= 4 is 23.8 Å². The molecule has 1 aromatic heterocycles. The molecule has 12 heteroatoms. The largest absolute Gasteiger partial charge is 0.465 e. The van der Waals surface area contributed by atoms with Crippen molar-refractivity contribution in [3.8, 4) is 0 Å². The molecule has 7 N–H and O–H groups in total. The van der Waals surface area contributed by atoms with Crippen molar-refractivity contribution in [3.63, 3.8) is 0 Å².